The molecule has 2 rings (SSSR count). The predicted octanol–water partition coefficient (Wildman–Crippen LogP) is 2.69. The molecule has 2 N–H and O–H groups in total. The lowest BCUT2D eigenvalue weighted by Crippen LogP contribution is -2.38. The number of nitrogens with one attached hydrogen (secondary N) is 2. The molecular formula is C21H33N5O. The molecule has 0 atom stereocenters. The predicted molar refractivity (Wildman–Crippen MR) is 112 cm³/mol. The Morgan fingerprint density at radius 1 is 1.19 bits per heavy atom. The second kappa shape index (κ2) is 10.00. The second-order valence-corrected chi connectivity index (χ2v) is 6.78. The van der Waals surface area contributed by atoms with Gasteiger partial charge in [0.25, 0.3) is 0 Å². The fourth-order valence-electron chi connectivity index (χ4n) is 3.22. The number of guanidine groups is 1. The van der Waals surface area contributed by atoms with Crippen LogP contribution < -0.4 is 15.4 Å². The summed E-state index contributed by atoms with van der Waals surface area (Å²) in [5, 5.41) is 11.2. The molecule has 6 nitrogen and oxygen atoms in total. The Morgan fingerprint density at radius 3 is 2.59 bits per heavy atom. The third-order valence-electron chi connectivity index (χ3n) is 4.76. The van der Waals surface area contributed by atoms with Crippen LogP contribution in [0.5, 0.6) is 5.75 Å². The zero-order chi connectivity index (χ0) is 19.8. The number of aliphatic imine (C=N–C) groups is 1. The van der Waals surface area contributed by atoms with Crippen molar-refractivity contribution in [3.63, 3.8) is 0 Å². The molecule has 0 bridgehead atoms. The van der Waals surface area contributed by atoms with E-state index in [1.165, 1.54) is 22.4 Å². The Morgan fingerprint density at radius 2 is 1.96 bits per heavy atom. The van der Waals surface area contributed by atoms with E-state index in [-0.39, 0.29) is 0 Å². The van der Waals surface area contributed by atoms with Gasteiger partial charge in [0.05, 0.1) is 12.8 Å². The Bertz CT molecular complexity index is 779. The van der Waals surface area contributed by atoms with E-state index in [1.54, 1.807) is 7.11 Å². The fourth-order valence-corrected chi connectivity index (χ4v) is 3.22. The molecule has 148 valence electrons. The van der Waals surface area contributed by atoms with Gasteiger partial charge < -0.3 is 15.4 Å². The first-order valence-electron chi connectivity index (χ1n) is 9.61. The van der Waals surface area contributed by atoms with Crippen molar-refractivity contribution >= 4 is 5.96 Å². The Hall–Kier alpha value is -2.50. The third-order valence-corrected chi connectivity index (χ3v) is 4.76. The standard InChI is InChI=1S/C21H33N5O/c1-7-22-21(24-13-11-19-16(3)25-26(5)17(19)4)23-12-10-18-14-15(2)8-9-20(18)27-6/h8-9,14H,7,10-13H2,1-6H3,(H2,22,23,24). The van der Waals surface area contributed by atoms with Crippen LogP contribution in [0.3, 0.4) is 0 Å². The third kappa shape index (κ3) is 5.74. The number of hydrogen-bond acceptors (Lipinski definition) is 3. The van der Waals surface area contributed by atoms with Gasteiger partial charge in [0, 0.05) is 32.4 Å². The van der Waals surface area contributed by atoms with Gasteiger partial charge in [-0.05, 0) is 57.7 Å². The highest BCUT2D eigenvalue weighted by Gasteiger charge is 2.09. The van der Waals surface area contributed by atoms with Crippen LogP contribution in [0.1, 0.15) is 35.0 Å². The fraction of sp³-hybridized carbons (Fsp3) is 0.524. The van der Waals surface area contributed by atoms with E-state index in [1.807, 2.05) is 17.8 Å². The molecule has 0 saturated carbocycles. The van der Waals surface area contributed by atoms with Crippen molar-refractivity contribution in [2.24, 2.45) is 12.0 Å². The minimum absolute atomic E-state index is 0.733. The van der Waals surface area contributed by atoms with Gasteiger partial charge in [0.1, 0.15) is 5.75 Å². The molecule has 1 aromatic heterocycles. The van der Waals surface area contributed by atoms with Crippen LogP contribution in [0.2, 0.25) is 0 Å². The topological polar surface area (TPSA) is 63.5 Å². The number of rotatable bonds is 8. The van der Waals surface area contributed by atoms with Crippen molar-refractivity contribution in [3.8, 4) is 5.75 Å². The maximum Gasteiger partial charge on any atom is 0.191 e. The van der Waals surface area contributed by atoms with Crippen LogP contribution >= 0.6 is 0 Å². The molecule has 0 aliphatic carbocycles. The van der Waals surface area contributed by atoms with E-state index >= 15 is 0 Å². The van der Waals surface area contributed by atoms with Gasteiger partial charge in [0.2, 0.25) is 0 Å². The van der Waals surface area contributed by atoms with Gasteiger partial charge in [-0.3, -0.25) is 9.67 Å². The number of benzene rings is 1. The summed E-state index contributed by atoms with van der Waals surface area (Å²) in [6.45, 7) is 10.7. The first kappa shape index (κ1) is 20.8. The molecule has 0 spiro atoms. The van der Waals surface area contributed by atoms with Crippen molar-refractivity contribution in [2.75, 3.05) is 26.7 Å². The molecule has 6 heteroatoms. The van der Waals surface area contributed by atoms with Crippen LogP contribution in [0.4, 0.5) is 0 Å². The molecule has 0 aliphatic heterocycles. The molecule has 2 aromatic rings. The zero-order valence-corrected chi connectivity index (χ0v) is 17.5. The van der Waals surface area contributed by atoms with E-state index in [9.17, 15) is 0 Å². The molecule has 0 unspecified atom stereocenters. The summed E-state index contributed by atoms with van der Waals surface area (Å²) in [6, 6.07) is 6.28. The maximum atomic E-state index is 5.46. The van der Waals surface area contributed by atoms with Gasteiger partial charge in [-0.15, -0.1) is 0 Å². The van der Waals surface area contributed by atoms with Gasteiger partial charge >= 0.3 is 0 Å². The molecule has 0 fully saturated rings. The molecule has 27 heavy (non-hydrogen) atoms. The van der Waals surface area contributed by atoms with Crippen LogP contribution in [-0.2, 0) is 19.9 Å². The first-order chi connectivity index (χ1) is 13.0. The largest absolute Gasteiger partial charge is 0.496 e. The molecule has 1 heterocycles. The van der Waals surface area contributed by atoms with Crippen molar-refractivity contribution in [1.82, 2.24) is 20.4 Å². The minimum atomic E-state index is 0.733. The van der Waals surface area contributed by atoms with Gasteiger partial charge in [0.15, 0.2) is 5.96 Å². The number of methoxy groups -OCH3 is 1. The number of ether oxygens (including phenoxy) is 1. The molecule has 0 radical (unpaired) electrons. The highest BCUT2D eigenvalue weighted by atomic mass is 16.5. The number of aromatic nitrogens is 2. The van der Waals surface area contributed by atoms with Crippen molar-refractivity contribution in [3.05, 3.63) is 46.3 Å². The maximum absolute atomic E-state index is 5.46. The SMILES string of the molecule is CCNC(=NCCc1c(C)nn(C)c1C)NCCc1cc(C)ccc1OC. The Balaban J connectivity index is 1.93. The van der Waals surface area contributed by atoms with Crippen LogP contribution in [0.15, 0.2) is 23.2 Å². The molecular weight excluding hydrogens is 338 g/mol. The summed E-state index contributed by atoms with van der Waals surface area (Å²) in [4.78, 5) is 4.72. The van der Waals surface area contributed by atoms with Crippen LogP contribution in [0, 0.1) is 20.8 Å². The average molecular weight is 372 g/mol. The number of nitrogens with zero attached hydrogens (tertiary/aromatic N) is 3. The van der Waals surface area contributed by atoms with E-state index in [4.69, 9.17) is 9.73 Å². The molecule has 1 aromatic carbocycles. The summed E-state index contributed by atoms with van der Waals surface area (Å²) in [7, 11) is 3.70. The van der Waals surface area contributed by atoms with Crippen molar-refractivity contribution in [2.45, 2.75) is 40.5 Å². The Kier molecular flexibility index (Phi) is 7.70. The quantitative estimate of drug-likeness (QED) is 0.553. The lowest BCUT2D eigenvalue weighted by molar-refractivity contribution is 0.409. The minimum Gasteiger partial charge on any atom is -0.496 e. The second-order valence-electron chi connectivity index (χ2n) is 6.78. The molecule has 0 saturated heterocycles. The lowest BCUT2D eigenvalue weighted by Gasteiger charge is -2.13. The lowest BCUT2D eigenvalue weighted by atomic mass is 10.1. The van der Waals surface area contributed by atoms with Crippen molar-refractivity contribution in [1.29, 1.82) is 0 Å². The molecule has 0 aliphatic rings. The van der Waals surface area contributed by atoms with E-state index < -0.39 is 0 Å². The van der Waals surface area contributed by atoms with Crippen LogP contribution in [0.25, 0.3) is 0 Å². The normalized spacial score (nSPS) is 11.6. The summed E-state index contributed by atoms with van der Waals surface area (Å²) in [6.07, 6.45) is 1.78. The summed E-state index contributed by atoms with van der Waals surface area (Å²) in [5.74, 6) is 1.79. The smallest absolute Gasteiger partial charge is 0.191 e. The highest BCUT2D eigenvalue weighted by Crippen LogP contribution is 2.19. The summed E-state index contributed by atoms with van der Waals surface area (Å²) < 4.78 is 7.40. The van der Waals surface area contributed by atoms with Crippen molar-refractivity contribution < 1.29 is 4.74 Å². The highest BCUT2D eigenvalue weighted by molar-refractivity contribution is 5.79. The molecule has 0 amide bonds. The van der Waals surface area contributed by atoms with Gasteiger partial charge in [-0.1, -0.05) is 17.7 Å². The van der Waals surface area contributed by atoms with Gasteiger partial charge in [-0.2, -0.15) is 5.10 Å². The first-order valence-corrected chi connectivity index (χ1v) is 9.61. The number of aryl methyl sites for hydroxylation is 3. The van der Waals surface area contributed by atoms with E-state index in [0.29, 0.717) is 0 Å². The van der Waals surface area contributed by atoms with Gasteiger partial charge in [-0.25, -0.2) is 0 Å². The van der Waals surface area contributed by atoms with E-state index in [0.717, 1.165) is 49.9 Å². The Labute approximate surface area is 163 Å². The average Bonchev–Trinajstić information content (AvgIpc) is 2.88. The number of hydrogen-bond donors (Lipinski definition) is 2. The van der Waals surface area contributed by atoms with E-state index in [2.05, 4.69) is 55.6 Å². The monoisotopic (exact) mass is 371 g/mol. The van der Waals surface area contributed by atoms with Crippen LogP contribution in [-0.4, -0.2) is 42.5 Å². The summed E-state index contributed by atoms with van der Waals surface area (Å²) >= 11 is 0. The zero-order valence-electron chi connectivity index (χ0n) is 17.5. The summed E-state index contributed by atoms with van der Waals surface area (Å²) in [5.41, 5.74) is 6.06.